The number of methoxy groups -OCH3 is 3. The lowest BCUT2D eigenvalue weighted by atomic mass is 9.90. The fourth-order valence-electron chi connectivity index (χ4n) is 3.73. The van der Waals surface area contributed by atoms with Gasteiger partial charge in [0.2, 0.25) is 5.75 Å². The van der Waals surface area contributed by atoms with E-state index in [-0.39, 0.29) is 0 Å². The van der Waals surface area contributed by atoms with Crippen molar-refractivity contribution < 1.29 is 14.2 Å². The number of nitrogens with zero attached hydrogens (tertiary/aromatic N) is 1. The highest BCUT2D eigenvalue weighted by Crippen LogP contribution is 2.39. The quantitative estimate of drug-likeness (QED) is 0.565. The molecule has 150 valence electrons. The first-order valence-electron chi connectivity index (χ1n) is 9.63. The number of ether oxygens (including phenoxy) is 3. The number of rotatable bonds is 7. The topological polar surface area (TPSA) is 78.1 Å². The summed E-state index contributed by atoms with van der Waals surface area (Å²) in [6.45, 7) is 0.541. The lowest BCUT2D eigenvalue weighted by Crippen LogP contribution is -2.24. The number of fused-ring (bicyclic) bond motifs is 1. The summed E-state index contributed by atoms with van der Waals surface area (Å²) in [5, 5.41) is 3.28. The van der Waals surface area contributed by atoms with Crippen LogP contribution in [0.5, 0.6) is 17.2 Å². The molecule has 0 saturated heterocycles. The predicted molar refractivity (Wildman–Crippen MR) is 113 cm³/mol. The molecule has 0 amide bonds. The number of aliphatic imine (C=N–C) groups is 1. The summed E-state index contributed by atoms with van der Waals surface area (Å²) in [5.41, 5.74) is 11.0. The second-order valence-electron chi connectivity index (χ2n) is 6.79. The average molecular weight is 383 g/mol. The van der Waals surface area contributed by atoms with Crippen molar-refractivity contribution in [1.82, 2.24) is 0 Å². The molecule has 0 aliphatic heterocycles. The fourth-order valence-corrected chi connectivity index (χ4v) is 3.73. The van der Waals surface area contributed by atoms with E-state index in [1.54, 1.807) is 21.3 Å². The second-order valence-corrected chi connectivity index (χ2v) is 6.79. The van der Waals surface area contributed by atoms with Gasteiger partial charge in [-0.05, 0) is 55.4 Å². The van der Waals surface area contributed by atoms with Gasteiger partial charge in [-0.3, -0.25) is 4.99 Å². The van der Waals surface area contributed by atoms with E-state index >= 15 is 0 Å². The normalized spacial score (nSPS) is 13.6. The molecule has 6 nitrogen and oxygen atoms in total. The fraction of sp³-hybridized carbons (Fsp3) is 0.409. The smallest absolute Gasteiger partial charge is 0.203 e. The van der Waals surface area contributed by atoms with Gasteiger partial charge in [-0.2, -0.15) is 0 Å². The zero-order chi connectivity index (χ0) is 19.9. The zero-order valence-corrected chi connectivity index (χ0v) is 16.9. The van der Waals surface area contributed by atoms with Crippen molar-refractivity contribution in [1.29, 1.82) is 0 Å². The van der Waals surface area contributed by atoms with Gasteiger partial charge in [0, 0.05) is 17.8 Å². The standard InChI is InChI=1S/C22H29N3O3/c1-26-19-12-11-16(20(27-2)21(19)28-3)13-14-24-22(23)25-18-10-6-8-15-7-4-5-9-17(15)18/h6,8,10-12H,4-5,7,9,13-14H2,1-3H3,(H3,23,24,25). The van der Waals surface area contributed by atoms with E-state index in [4.69, 9.17) is 19.9 Å². The Kier molecular flexibility index (Phi) is 6.63. The summed E-state index contributed by atoms with van der Waals surface area (Å²) < 4.78 is 16.3. The number of guanidine groups is 1. The minimum absolute atomic E-state index is 0.429. The Morgan fingerprint density at radius 1 is 1.00 bits per heavy atom. The summed E-state index contributed by atoms with van der Waals surface area (Å²) in [7, 11) is 4.83. The molecule has 28 heavy (non-hydrogen) atoms. The number of nitrogens with two attached hydrogens (primary N) is 1. The Bertz CT molecular complexity index is 849. The molecule has 0 saturated carbocycles. The highest BCUT2D eigenvalue weighted by Gasteiger charge is 2.16. The molecule has 6 heteroatoms. The Balaban J connectivity index is 1.68. The van der Waals surface area contributed by atoms with Crippen LogP contribution < -0.4 is 25.3 Å². The van der Waals surface area contributed by atoms with E-state index in [1.807, 2.05) is 12.1 Å². The van der Waals surface area contributed by atoms with Gasteiger partial charge in [0.1, 0.15) is 0 Å². The maximum Gasteiger partial charge on any atom is 0.203 e. The van der Waals surface area contributed by atoms with Crippen LogP contribution in [0.4, 0.5) is 5.69 Å². The summed E-state index contributed by atoms with van der Waals surface area (Å²) in [4.78, 5) is 4.49. The molecule has 0 unspecified atom stereocenters. The summed E-state index contributed by atoms with van der Waals surface area (Å²) in [6.07, 6.45) is 5.39. The zero-order valence-electron chi connectivity index (χ0n) is 16.9. The summed E-state index contributed by atoms with van der Waals surface area (Å²) in [6, 6.07) is 10.2. The van der Waals surface area contributed by atoms with Crippen molar-refractivity contribution in [2.45, 2.75) is 32.1 Å². The average Bonchev–Trinajstić information content (AvgIpc) is 2.73. The number of aryl methyl sites for hydroxylation is 1. The van der Waals surface area contributed by atoms with E-state index in [0.29, 0.717) is 36.2 Å². The Morgan fingerprint density at radius 3 is 2.54 bits per heavy atom. The number of nitrogens with one attached hydrogen (secondary N) is 1. The molecule has 3 N–H and O–H groups in total. The van der Waals surface area contributed by atoms with E-state index in [1.165, 1.54) is 24.0 Å². The molecule has 0 bridgehead atoms. The van der Waals surface area contributed by atoms with Gasteiger partial charge in [0.05, 0.1) is 21.3 Å². The van der Waals surface area contributed by atoms with Crippen molar-refractivity contribution in [2.75, 3.05) is 33.2 Å². The van der Waals surface area contributed by atoms with Crippen LogP contribution in [0, 0.1) is 0 Å². The van der Waals surface area contributed by atoms with Crippen LogP contribution in [0.3, 0.4) is 0 Å². The van der Waals surface area contributed by atoms with Crippen LogP contribution in [0.1, 0.15) is 29.5 Å². The van der Waals surface area contributed by atoms with E-state index in [9.17, 15) is 0 Å². The summed E-state index contributed by atoms with van der Waals surface area (Å²) >= 11 is 0. The van der Waals surface area contributed by atoms with Gasteiger partial charge in [-0.1, -0.05) is 18.2 Å². The van der Waals surface area contributed by atoms with Gasteiger partial charge in [0.25, 0.3) is 0 Å². The lowest BCUT2D eigenvalue weighted by molar-refractivity contribution is 0.322. The van der Waals surface area contributed by atoms with Gasteiger partial charge < -0.3 is 25.3 Å². The van der Waals surface area contributed by atoms with Crippen LogP contribution in [-0.4, -0.2) is 33.8 Å². The molecule has 2 aromatic carbocycles. The SMILES string of the molecule is COc1ccc(CCN=C(N)Nc2cccc3c2CCCC3)c(OC)c1OC. The first kappa shape index (κ1) is 19.9. The third kappa shape index (κ3) is 4.32. The Morgan fingerprint density at radius 2 is 1.79 bits per heavy atom. The van der Waals surface area contributed by atoms with E-state index < -0.39 is 0 Å². The minimum Gasteiger partial charge on any atom is -0.493 e. The lowest BCUT2D eigenvalue weighted by Gasteiger charge is -2.19. The maximum absolute atomic E-state index is 6.14. The monoisotopic (exact) mass is 383 g/mol. The Hall–Kier alpha value is -2.89. The molecular formula is C22H29N3O3. The van der Waals surface area contributed by atoms with Gasteiger partial charge >= 0.3 is 0 Å². The van der Waals surface area contributed by atoms with Crippen molar-refractivity contribution in [2.24, 2.45) is 10.7 Å². The maximum atomic E-state index is 6.14. The predicted octanol–water partition coefficient (Wildman–Crippen LogP) is 3.56. The highest BCUT2D eigenvalue weighted by atomic mass is 16.5. The number of anilines is 1. The van der Waals surface area contributed by atoms with Crippen molar-refractivity contribution in [3.05, 3.63) is 47.0 Å². The largest absolute Gasteiger partial charge is 0.493 e. The van der Waals surface area contributed by atoms with Gasteiger partial charge in [0.15, 0.2) is 17.5 Å². The van der Waals surface area contributed by atoms with E-state index in [0.717, 1.165) is 24.1 Å². The number of hydrogen-bond donors (Lipinski definition) is 2. The molecule has 0 aromatic heterocycles. The molecule has 0 heterocycles. The molecule has 0 spiro atoms. The first-order chi connectivity index (χ1) is 13.7. The molecule has 0 radical (unpaired) electrons. The highest BCUT2D eigenvalue weighted by molar-refractivity contribution is 5.93. The molecule has 0 atom stereocenters. The van der Waals surface area contributed by atoms with Crippen LogP contribution >= 0.6 is 0 Å². The van der Waals surface area contributed by atoms with Crippen molar-refractivity contribution in [3.63, 3.8) is 0 Å². The van der Waals surface area contributed by atoms with Crippen molar-refractivity contribution >= 4 is 11.6 Å². The Labute approximate surface area is 166 Å². The van der Waals surface area contributed by atoms with Crippen LogP contribution in [0.25, 0.3) is 0 Å². The van der Waals surface area contributed by atoms with Crippen LogP contribution in [0.15, 0.2) is 35.3 Å². The molecule has 0 fully saturated rings. The van der Waals surface area contributed by atoms with Gasteiger partial charge in [-0.25, -0.2) is 0 Å². The van der Waals surface area contributed by atoms with Crippen molar-refractivity contribution in [3.8, 4) is 17.2 Å². The number of hydrogen-bond acceptors (Lipinski definition) is 4. The summed E-state index contributed by atoms with van der Waals surface area (Å²) in [5.74, 6) is 2.33. The van der Waals surface area contributed by atoms with Gasteiger partial charge in [-0.15, -0.1) is 0 Å². The molecular weight excluding hydrogens is 354 g/mol. The molecule has 3 rings (SSSR count). The molecule has 1 aliphatic carbocycles. The molecule has 1 aliphatic rings. The third-order valence-electron chi connectivity index (χ3n) is 5.11. The van der Waals surface area contributed by atoms with E-state index in [2.05, 4.69) is 28.5 Å². The first-order valence-corrected chi connectivity index (χ1v) is 9.63. The van der Waals surface area contributed by atoms with Crippen LogP contribution in [-0.2, 0) is 19.3 Å². The third-order valence-corrected chi connectivity index (χ3v) is 5.11. The van der Waals surface area contributed by atoms with Crippen LogP contribution in [0.2, 0.25) is 0 Å². The minimum atomic E-state index is 0.429. The molecule has 2 aromatic rings. The second kappa shape index (κ2) is 9.35. The number of benzene rings is 2.